The van der Waals surface area contributed by atoms with Gasteiger partial charge in [0.25, 0.3) is 0 Å². The Labute approximate surface area is 67.7 Å². The molecule has 0 bridgehead atoms. The molecule has 1 N–H and O–H groups in total. The highest BCUT2D eigenvalue weighted by atomic mass is 32.2. The van der Waals surface area contributed by atoms with Gasteiger partial charge in [0.15, 0.2) is 5.78 Å². The first-order valence-electron chi connectivity index (χ1n) is 2.97. The third-order valence-corrected chi connectivity index (χ3v) is 1.36. The molecule has 11 heavy (non-hydrogen) atoms. The number of carbonyl (C=O) groups excluding carboxylic acids is 1. The molecule has 0 aromatic carbocycles. The van der Waals surface area contributed by atoms with Crippen LogP contribution in [0.4, 0.5) is 0 Å². The average molecular weight is 178 g/mol. The maximum absolute atomic E-state index is 10.8. The standard InChI is InChI=1S/C6H10O4S/c1-5(2)6(7)3-4-10-11(8)9/h1,3-4H2,2H3,(H,8,9). The summed E-state index contributed by atoms with van der Waals surface area (Å²) in [7, 11) is 0. The van der Waals surface area contributed by atoms with E-state index in [1.165, 1.54) is 0 Å². The molecule has 0 aliphatic carbocycles. The molecule has 0 saturated carbocycles. The third kappa shape index (κ3) is 5.90. The van der Waals surface area contributed by atoms with E-state index >= 15 is 0 Å². The van der Waals surface area contributed by atoms with Crippen LogP contribution in [-0.2, 0) is 20.3 Å². The van der Waals surface area contributed by atoms with E-state index < -0.39 is 11.4 Å². The van der Waals surface area contributed by atoms with E-state index in [0.29, 0.717) is 5.57 Å². The van der Waals surface area contributed by atoms with E-state index in [-0.39, 0.29) is 18.8 Å². The number of carbonyl (C=O) groups is 1. The number of hydrogen-bond acceptors (Lipinski definition) is 3. The van der Waals surface area contributed by atoms with Gasteiger partial charge >= 0.3 is 11.4 Å². The lowest BCUT2D eigenvalue weighted by atomic mass is 10.2. The van der Waals surface area contributed by atoms with Crippen molar-refractivity contribution in [3.63, 3.8) is 0 Å². The summed E-state index contributed by atoms with van der Waals surface area (Å²) in [4.78, 5) is 10.8. The first kappa shape index (κ1) is 10.5. The molecule has 0 heterocycles. The first-order chi connectivity index (χ1) is 5.04. The van der Waals surface area contributed by atoms with Crippen molar-refractivity contribution in [2.75, 3.05) is 6.61 Å². The van der Waals surface area contributed by atoms with Crippen molar-refractivity contribution in [1.29, 1.82) is 0 Å². The Morgan fingerprint density at radius 3 is 2.64 bits per heavy atom. The Hall–Kier alpha value is -0.520. The Balaban J connectivity index is 3.47. The Morgan fingerprint density at radius 2 is 2.27 bits per heavy atom. The van der Waals surface area contributed by atoms with Crippen LogP contribution in [0.5, 0.6) is 0 Å². The maximum atomic E-state index is 10.8. The van der Waals surface area contributed by atoms with Gasteiger partial charge in [-0.3, -0.25) is 13.5 Å². The van der Waals surface area contributed by atoms with Crippen LogP contribution in [-0.4, -0.2) is 21.2 Å². The normalized spacial score (nSPS) is 12.5. The highest BCUT2D eigenvalue weighted by Crippen LogP contribution is 1.95. The zero-order chi connectivity index (χ0) is 8.85. The second-order valence-electron chi connectivity index (χ2n) is 1.99. The second kappa shape index (κ2) is 5.17. The fourth-order valence-electron chi connectivity index (χ4n) is 0.419. The predicted octanol–water partition coefficient (Wildman–Crippen LogP) is 0.675. The van der Waals surface area contributed by atoms with Gasteiger partial charge in [0.1, 0.15) is 0 Å². The van der Waals surface area contributed by atoms with Crippen LogP contribution in [0.3, 0.4) is 0 Å². The Kier molecular flexibility index (Phi) is 4.93. The van der Waals surface area contributed by atoms with Crippen LogP contribution in [0, 0.1) is 0 Å². The molecule has 0 aromatic rings. The summed E-state index contributed by atoms with van der Waals surface area (Å²) in [6.45, 7) is 4.94. The smallest absolute Gasteiger partial charge is 0.294 e. The van der Waals surface area contributed by atoms with Gasteiger partial charge in [0.05, 0.1) is 6.61 Å². The van der Waals surface area contributed by atoms with Gasteiger partial charge in [0.2, 0.25) is 0 Å². The molecule has 0 fully saturated rings. The molecule has 0 rings (SSSR count). The second-order valence-corrected chi connectivity index (χ2v) is 2.66. The highest BCUT2D eigenvalue weighted by molar-refractivity contribution is 7.74. The molecule has 0 amide bonds. The van der Waals surface area contributed by atoms with Crippen molar-refractivity contribution < 1.29 is 17.7 Å². The van der Waals surface area contributed by atoms with Gasteiger partial charge in [-0.25, -0.2) is 0 Å². The van der Waals surface area contributed by atoms with E-state index in [1.54, 1.807) is 6.92 Å². The number of ketones is 1. The van der Waals surface area contributed by atoms with Crippen LogP contribution in [0.25, 0.3) is 0 Å². The number of allylic oxidation sites excluding steroid dienone is 1. The first-order valence-corrected chi connectivity index (χ1v) is 4.00. The lowest BCUT2D eigenvalue weighted by molar-refractivity contribution is -0.115. The van der Waals surface area contributed by atoms with Crippen molar-refractivity contribution in [3.8, 4) is 0 Å². The van der Waals surface area contributed by atoms with Gasteiger partial charge in [-0.15, -0.1) is 0 Å². The lowest BCUT2D eigenvalue weighted by Gasteiger charge is -1.97. The SMILES string of the molecule is C=C(C)C(=O)CCOS(=O)O. The number of rotatable bonds is 5. The molecule has 0 radical (unpaired) electrons. The molecular formula is C6H10O4S. The van der Waals surface area contributed by atoms with Gasteiger partial charge < -0.3 is 0 Å². The monoisotopic (exact) mass is 178 g/mol. The molecule has 0 aliphatic rings. The molecule has 1 unspecified atom stereocenters. The molecule has 4 nitrogen and oxygen atoms in total. The Bertz CT molecular complexity index is 187. The number of Topliss-reactive ketones (excluding diaryl/α,β-unsaturated/α-hetero) is 1. The quantitative estimate of drug-likeness (QED) is 0.496. The maximum Gasteiger partial charge on any atom is 0.301 e. The van der Waals surface area contributed by atoms with E-state index in [4.69, 9.17) is 4.55 Å². The van der Waals surface area contributed by atoms with Gasteiger partial charge in [-0.2, -0.15) is 4.21 Å². The predicted molar refractivity (Wildman–Crippen MR) is 41.2 cm³/mol. The minimum atomic E-state index is -2.28. The van der Waals surface area contributed by atoms with Crippen molar-refractivity contribution in [3.05, 3.63) is 12.2 Å². The van der Waals surface area contributed by atoms with E-state index in [2.05, 4.69) is 10.8 Å². The van der Waals surface area contributed by atoms with Crippen LogP contribution in [0.2, 0.25) is 0 Å². The van der Waals surface area contributed by atoms with Crippen molar-refractivity contribution >= 4 is 17.1 Å². The molecular weight excluding hydrogens is 168 g/mol. The minimum Gasteiger partial charge on any atom is -0.294 e. The van der Waals surface area contributed by atoms with Crippen molar-refractivity contribution in [2.45, 2.75) is 13.3 Å². The largest absolute Gasteiger partial charge is 0.301 e. The lowest BCUT2D eigenvalue weighted by Crippen LogP contribution is -2.05. The molecule has 0 spiro atoms. The third-order valence-electron chi connectivity index (χ3n) is 0.989. The van der Waals surface area contributed by atoms with Gasteiger partial charge in [0, 0.05) is 6.42 Å². The van der Waals surface area contributed by atoms with Gasteiger partial charge in [-0.05, 0) is 12.5 Å². The summed E-state index contributed by atoms with van der Waals surface area (Å²) >= 11 is -2.28. The van der Waals surface area contributed by atoms with Crippen molar-refractivity contribution in [2.24, 2.45) is 0 Å². The van der Waals surface area contributed by atoms with Gasteiger partial charge in [-0.1, -0.05) is 6.58 Å². The zero-order valence-corrected chi connectivity index (χ0v) is 7.02. The zero-order valence-electron chi connectivity index (χ0n) is 6.20. The molecule has 0 aliphatic heterocycles. The fourth-order valence-corrected chi connectivity index (χ4v) is 0.645. The molecule has 1 atom stereocenters. The van der Waals surface area contributed by atoms with E-state index in [1.807, 2.05) is 0 Å². The van der Waals surface area contributed by atoms with Crippen LogP contribution in [0.1, 0.15) is 13.3 Å². The summed E-state index contributed by atoms with van der Waals surface area (Å²) in [5, 5.41) is 0. The summed E-state index contributed by atoms with van der Waals surface area (Å²) in [6, 6.07) is 0. The molecule has 64 valence electrons. The topological polar surface area (TPSA) is 63.6 Å². The summed E-state index contributed by atoms with van der Waals surface area (Å²) < 4.78 is 22.3. The van der Waals surface area contributed by atoms with E-state index in [9.17, 15) is 9.00 Å². The minimum absolute atomic E-state index is 0.0468. The molecule has 0 aromatic heterocycles. The van der Waals surface area contributed by atoms with Crippen molar-refractivity contribution in [1.82, 2.24) is 0 Å². The van der Waals surface area contributed by atoms with Crippen LogP contribution >= 0.6 is 0 Å². The van der Waals surface area contributed by atoms with Crippen LogP contribution in [0.15, 0.2) is 12.2 Å². The Morgan fingerprint density at radius 1 is 1.73 bits per heavy atom. The fraction of sp³-hybridized carbons (Fsp3) is 0.500. The summed E-state index contributed by atoms with van der Waals surface area (Å²) in [6.07, 6.45) is 0.0988. The average Bonchev–Trinajstić information content (AvgIpc) is 1.86. The van der Waals surface area contributed by atoms with E-state index in [0.717, 1.165) is 0 Å². The highest BCUT2D eigenvalue weighted by Gasteiger charge is 2.02. The van der Waals surface area contributed by atoms with Crippen LogP contribution < -0.4 is 0 Å². The molecule has 0 saturated heterocycles. The number of hydrogen-bond donors (Lipinski definition) is 1. The summed E-state index contributed by atoms with van der Waals surface area (Å²) in [5.74, 6) is -0.157. The summed E-state index contributed by atoms with van der Waals surface area (Å²) in [5.41, 5.74) is 0.428. The molecule has 5 heteroatoms.